The van der Waals surface area contributed by atoms with Crippen molar-refractivity contribution < 1.29 is 4.42 Å². The monoisotopic (exact) mass is 379 g/mol. The zero-order valence-electron chi connectivity index (χ0n) is 13.7. The third kappa shape index (κ3) is 3.84. The van der Waals surface area contributed by atoms with Crippen LogP contribution in [0.1, 0.15) is 12.2 Å². The van der Waals surface area contributed by atoms with Crippen LogP contribution in [-0.4, -0.2) is 55.1 Å². The van der Waals surface area contributed by atoms with Crippen LogP contribution in [0, 0.1) is 0 Å². The van der Waals surface area contributed by atoms with Gasteiger partial charge in [-0.15, -0.1) is 0 Å². The molecule has 3 heterocycles. The number of rotatable bonds is 5. The van der Waals surface area contributed by atoms with E-state index in [4.69, 9.17) is 4.42 Å². The first-order chi connectivity index (χ1) is 11.0. The largest absolute Gasteiger partial charge is 0.453 e. The Morgan fingerprint density at radius 1 is 1.26 bits per heavy atom. The Labute approximate surface area is 145 Å². The van der Waals surface area contributed by atoms with Crippen LogP contribution in [0.4, 0.5) is 11.6 Å². The predicted octanol–water partition coefficient (Wildman–Crippen LogP) is 2.61. The second-order valence-corrected chi connectivity index (χ2v) is 6.90. The fourth-order valence-corrected chi connectivity index (χ4v) is 3.23. The van der Waals surface area contributed by atoms with Crippen LogP contribution < -0.4 is 9.80 Å². The van der Waals surface area contributed by atoms with Gasteiger partial charge in [-0.25, -0.2) is 9.97 Å². The number of halogens is 1. The molecule has 1 fully saturated rings. The number of hydrogen-bond donors (Lipinski definition) is 0. The fourth-order valence-electron chi connectivity index (χ4n) is 2.89. The number of nitrogens with zero attached hydrogens (tertiary/aromatic N) is 5. The minimum Gasteiger partial charge on any atom is -0.453 e. The van der Waals surface area contributed by atoms with Crippen molar-refractivity contribution in [1.29, 1.82) is 0 Å². The average Bonchev–Trinajstić information content (AvgIpc) is 3.16. The van der Waals surface area contributed by atoms with Gasteiger partial charge >= 0.3 is 0 Å². The molecule has 2 aromatic heterocycles. The highest BCUT2D eigenvalue weighted by molar-refractivity contribution is 9.10. The molecule has 0 aliphatic carbocycles. The van der Waals surface area contributed by atoms with Crippen LogP contribution in [0.5, 0.6) is 0 Å². The summed E-state index contributed by atoms with van der Waals surface area (Å²) in [7, 11) is 6.09. The number of likely N-dealkylation sites (tertiary alicyclic amines) is 1. The smallest absolute Gasteiger partial charge is 0.169 e. The molecule has 1 atom stereocenters. The zero-order chi connectivity index (χ0) is 16.4. The molecular formula is C16H22BrN5O. The van der Waals surface area contributed by atoms with Crippen LogP contribution in [0.2, 0.25) is 0 Å². The van der Waals surface area contributed by atoms with E-state index in [1.807, 2.05) is 37.2 Å². The first-order valence-electron chi connectivity index (χ1n) is 7.71. The Bertz CT molecular complexity index is 659. The predicted molar refractivity (Wildman–Crippen MR) is 94.9 cm³/mol. The van der Waals surface area contributed by atoms with Crippen LogP contribution in [0.15, 0.2) is 33.6 Å². The minimum absolute atomic E-state index is 0.457. The molecule has 1 aliphatic heterocycles. The Morgan fingerprint density at radius 2 is 2.04 bits per heavy atom. The van der Waals surface area contributed by atoms with Crippen molar-refractivity contribution in [3.05, 3.63) is 35.0 Å². The van der Waals surface area contributed by atoms with E-state index in [0.717, 1.165) is 48.1 Å². The molecule has 6 nitrogen and oxygen atoms in total. The summed E-state index contributed by atoms with van der Waals surface area (Å²) in [4.78, 5) is 15.4. The summed E-state index contributed by atoms with van der Waals surface area (Å²) in [6.45, 7) is 2.93. The first-order valence-corrected chi connectivity index (χ1v) is 8.51. The van der Waals surface area contributed by atoms with Crippen LogP contribution in [0.3, 0.4) is 0 Å². The van der Waals surface area contributed by atoms with Gasteiger partial charge in [-0.3, -0.25) is 4.90 Å². The number of hydrogen-bond acceptors (Lipinski definition) is 6. The quantitative estimate of drug-likeness (QED) is 0.795. The molecule has 0 aromatic carbocycles. The van der Waals surface area contributed by atoms with Crippen molar-refractivity contribution in [2.45, 2.75) is 19.0 Å². The number of anilines is 2. The Hall–Kier alpha value is -1.60. The summed E-state index contributed by atoms with van der Waals surface area (Å²) >= 11 is 3.35. The molecule has 1 aliphatic rings. The van der Waals surface area contributed by atoms with Gasteiger partial charge < -0.3 is 14.2 Å². The van der Waals surface area contributed by atoms with Gasteiger partial charge in [0.05, 0.1) is 6.54 Å². The third-order valence-electron chi connectivity index (χ3n) is 4.26. The molecule has 3 rings (SSSR count). The van der Waals surface area contributed by atoms with Gasteiger partial charge in [0, 0.05) is 46.3 Å². The van der Waals surface area contributed by atoms with Gasteiger partial charge in [0.2, 0.25) is 0 Å². The molecule has 23 heavy (non-hydrogen) atoms. The summed E-state index contributed by atoms with van der Waals surface area (Å²) in [6.07, 6.45) is 2.76. The minimum atomic E-state index is 0.457. The average molecular weight is 380 g/mol. The number of aromatic nitrogens is 2. The van der Waals surface area contributed by atoms with E-state index in [0.29, 0.717) is 6.04 Å². The summed E-state index contributed by atoms with van der Waals surface area (Å²) in [6, 6.07) is 6.46. The van der Waals surface area contributed by atoms with Crippen LogP contribution in [-0.2, 0) is 6.54 Å². The summed E-state index contributed by atoms with van der Waals surface area (Å²) < 4.78 is 6.39. The van der Waals surface area contributed by atoms with E-state index in [1.54, 1.807) is 6.33 Å². The molecule has 0 bridgehead atoms. The maximum Gasteiger partial charge on any atom is 0.169 e. The van der Waals surface area contributed by atoms with E-state index in [1.165, 1.54) is 0 Å². The zero-order valence-corrected chi connectivity index (χ0v) is 15.3. The molecule has 1 unspecified atom stereocenters. The molecule has 0 N–H and O–H groups in total. The van der Waals surface area contributed by atoms with Gasteiger partial charge in [-0.05, 0) is 34.5 Å². The molecule has 0 saturated carbocycles. The van der Waals surface area contributed by atoms with E-state index >= 15 is 0 Å². The standard InChI is InChI=1S/C16H22BrN5O/c1-20(2)15-8-16(19-11-18-15)21(3)12-6-7-22(9-12)10-13-4-5-14(17)23-13/h4-5,8,11-12H,6-7,9-10H2,1-3H3. The van der Waals surface area contributed by atoms with Gasteiger partial charge in [0.25, 0.3) is 0 Å². The topological polar surface area (TPSA) is 48.6 Å². The second-order valence-electron chi connectivity index (χ2n) is 6.12. The van der Waals surface area contributed by atoms with Crippen molar-refractivity contribution in [2.24, 2.45) is 0 Å². The van der Waals surface area contributed by atoms with E-state index < -0.39 is 0 Å². The molecule has 0 radical (unpaired) electrons. The molecule has 2 aromatic rings. The molecule has 0 amide bonds. The van der Waals surface area contributed by atoms with Gasteiger partial charge in [-0.2, -0.15) is 0 Å². The fraction of sp³-hybridized carbons (Fsp3) is 0.500. The lowest BCUT2D eigenvalue weighted by Gasteiger charge is -2.26. The molecule has 124 valence electrons. The van der Waals surface area contributed by atoms with Gasteiger partial charge in [0.15, 0.2) is 4.67 Å². The molecule has 1 saturated heterocycles. The normalized spacial score (nSPS) is 18.3. The molecule has 0 spiro atoms. The van der Waals surface area contributed by atoms with E-state index in [9.17, 15) is 0 Å². The first kappa shape index (κ1) is 16.3. The summed E-state index contributed by atoms with van der Waals surface area (Å²) in [5, 5.41) is 0. The third-order valence-corrected chi connectivity index (χ3v) is 4.69. The highest BCUT2D eigenvalue weighted by Gasteiger charge is 2.27. The second kappa shape index (κ2) is 6.88. The summed E-state index contributed by atoms with van der Waals surface area (Å²) in [5.74, 6) is 2.89. The van der Waals surface area contributed by atoms with Gasteiger partial charge in [0.1, 0.15) is 23.7 Å². The van der Waals surface area contributed by atoms with Crippen LogP contribution in [0.25, 0.3) is 0 Å². The Morgan fingerprint density at radius 3 is 2.74 bits per heavy atom. The summed E-state index contributed by atoms with van der Waals surface area (Å²) in [5.41, 5.74) is 0. The SMILES string of the molecule is CN(C)c1cc(N(C)C2CCN(Cc3ccc(Br)o3)C2)ncn1. The molecule has 7 heteroatoms. The Kier molecular flexibility index (Phi) is 4.87. The van der Waals surface area contributed by atoms with Crippen molar-refractivity contribution in [3.8, 4) is 0 Å². The highest BCUT2D eigenvalue weighted by atomic mass is 79.9. The number of likely N-dealkylation sites (N-methyl/N-ethyl adjacent to an activating group) is 1. The lowest BCUT2D eigenvalue weighted by Crippen LogP contribution is -2.35. The lowest BCUT2D eigenvalue weighted by molar-refractivity contribution is 0.291. The van der Waals surface area contributed by atoms with E-state index in [-0.39, 0.29) is 0 Å². The highest BCUT2D eigenvalue weighted by Crippen LogP contribution is 2.24. The lowest BCUT2D eigenvalue weighted by atomic mass is 10.2. The van der Waals surface area contributed by atoms with Crippen LogP contribution >= 0.6 is 15.9 Å². The van der Waals surface area contributed by atoms with Gasteiger partial charge in [-0.1, -0.05) is 0 Å². The van der Waals surface area contributed by atoms with Crippen molar-refractivity contribution in [2.75, 3.05) is 44.0 Å². The van der Waals surface area contributed by atoms with Crippen molar-refractivity contribution in [1.82, 2.24) is 14.9 Å². The van der Waals surface area contributed by atoms with Crippen molar-refractivity contribution >= 4 is 27.6 Å². The number of furan rings is 1. The van der Waals surface area contributed by atoms with E-state index in [2.05, 4.69) is 42.7 Å². The van der Waals surface area contributed by atoms with Crippen molar-refractivity contribution in [3.63, 3.8) is 0 Å². The Balaban J connectivity index is 1.63. The maximum atomic E-state index is 5.60. The molecular weight excluding hydrogens is 358 g/mol. The maximum absolute atomic E-state index is 5.60.